The first-order valence-electron chi connectivity index (χ1n) is 6.39. The maximum absolute atomic E-state index is 11.9. The van der Waals surface area contributed by atoms with Crippen LogP contribution >= 0.6 is 20.0 Å². The summed E-state index contributed by atoms with van der Waals surface area (Å²) in [5, 5.41) is 9.20. The molecule has 1 aromatic heterocycles. The number of aliphatic hydroxyl groups excluding tert-OH is 1. The lowest BCUT2D eigenvalue weighted by atomic mass is 10.2. The van der Waals surface area contributed by atoms with E-state index in [2.05, 4.69) is 9.51 Å². The van der Waals surface area contributed by atoms with E-state index in [9.17, 15) is 19.3 Å². The second-order valence-electron chi connectivity index (χ2n) is 4.64. The standard InChI is InChI=1S/C11H15N2O6PS/c1-2-6-4-13(11(16)12-10(6)15)9-3-7(14)8(21-9)5-19-20(17)18/h4,7-9,14H,2-3,5H2,1H3,(H-,12,15,16,17,18)/p+1/t7?,8-,9+/m0/s1. The lowest BCUT2D eigenvalue weighted by Gasteiger charge is -2.13. The molecule has 1 aromatic rings. The summed E-state index contributed by atoms with van der Waals surface area (Å²) in [7, 11) is -2.71. The average Bonchev–Trinajstić information content (AvgIpc) is 2.77. The molecule has 116 valence electrons. The molecule has 0 amide bonds. The van der Waals surface area contributed by atoms with Crippen LogP contribution < -0.4 is 11.2 Å². The molecule has 3 N–H and O–H groups in total. The minimum atomic E-state index is -2.71. The van der Waals surface area contributed by atoms with Gasteiger partial charge in [0.25, 0.3) is 5.56 Å². The molecular formula is C11H16N2O6PS+. The highest BCUT2D eigenvalue weighted by Crippen LogP contribution is 2.41. The third kappa shape index (κ3) is 3.81. The highest BCUT2D eigenvalue weighted by atomic mass is 32.2. The van der Waals surface area contributed by atoms with Crippen molar-refractivity contribution in [3.63, 3.8) is 0 Å². The van der Waals surface area contributed by atoms with E-state index in [1.165, 1.54) is 22.5 Å². The monoisotopic (exact) mass is 335 g/mol. The minimum Gasteiger partial charge on any atom is -0.392 e. The van der Waals surface area contributed by atoms with Crippen LogP contribution in [0, 0.1) is 0 Å². The van der Waals surface area contributed by atoms with Gasteiger partial charge >= 0.3 is 13.9 Å². The van der Waals surface area contributed by atoms with Gasteiger partial charge in [-0.25, -0.2) is 4.79 Å². The van der Waals surface area contributed by atoms with Crippen LogP contribution in [-0.4, -0.2) is 37.5 Å². The Bertz CT molecular complexity index is 644. The van der Waals surface area contributed by atoms with Crippen molar-refractivity contribution in [3.8, 4) is 0 Å². The summed E-state index contributed by atoms with van der Waals surface area (Å²) < 4.78 is 16.5. The number of nitrogens with one attached hydrogen (secondary N) is 1. The molecule has 0 aliphatic carbocycles. The first-order valence-corrected chi connectivity index (χ1v) is 8.46. The first-order chi connectivity index (χ1) is 9.92. The van der Waals surface area contributed by atoms with Gasteiger partial charge in [0.05, 0.1) is 16.7 Å². The Kier molecular flexibility index (Phi) is 5.34. The van der Waals surface area contributed by atoms with Gasteiger partial charge in [0, 0.05) is 22.7 Å². The van der Waals surface area contributed by atoms with Gasteiger partial charge in [0.1, 0.15) is 6.61 Å². The van der Waals surface area contributed by atoms with Gasteiger partial charge in [-0.05, 0) is 6.42 Å². The molecule has 0 radical (unpaired) electrons. The number of aromatic amines is 1. The van der Waals surface area contributed by atoms with Gasteiger partial charge < -0.3 is 5.11 Å². The molecule has 0 aromatic carbocycles. The van der Waals surface area contributed by atoms with Crippen LogP contribution in [0.25, 0.3) is 0 Å². The lowest BCUT2D eigenvalue weighted by Crippen LogP contribution is -2.32. The Morgan fingerprint density at radius 1 is 1.57 bits per heavy atom. The molecule has 8 nitrogen and oxygen atoms in total. The molecule has 2 rings (SSSR count). The van der Waals surface area contributed by atoms with E-state index in [1.807, 2.05) is 6.92 Å². The third-order valence-electron chi connectivity index (χ3n) is 3.29. The fourth-order valence-electron chi connectivity index (χ4n) is 2.17. The van der Waals surface area contributed by atoms with Gasteiger partial charge in [-0.1, -0.05) is 6.92 Å². The highest BCUT2D eigenvalue weighted by molar-refractivity contribution is 8.00. The van der Waals surface area contributed by atoms with Crippen molar-refractivity contribution < 1.29 is 19.1 Å². The molecule has 1 aliphatic rings. The predicted octanol–water partition coefficient (Wildman–Crippen LogP) is 0.130. The van der Waals surface area contributed by atoms with Crippen molar-refractivity contribution in [3.05, 3.63) is 32.6 Å². The van der Waals surface area contributed by atoms with Crippen LogP contribution in [0.15, 0.2) is 15.8 Å². The molecule has 2 unspecified atom stereocenters. The number of hydrogen-bond acceptors (Lipinski definition) is 6. The molecule has 2 heterocycles. The van der Waals surface area contributed by atoms with Crippen molar-refractivity contribution in [1.82, 2.24) is 9.55 Å². The fraction of sp³-hybridized carbons (Fsp3) is 0.636. The minimum absolute atomic E-state index is 0.0766. The van der Waals surface area contributed by atoms with Crippen LogP contribution in [-0.2, 0) is 15.5 Å². The van der Waals surface area contributed by atoms with Crippen molar-refractivity contribution in [2.75, 3.05) is 6.61 Å². The summed E-state index contributed by atoms with van der Waals surface area (Å²) >= 11 is 1.28. The molecule has 1 saturated heterocycles. The number of aryl methyl sites for hydroxylation is 1. The van der Waals surface area contributed by atoms with Crippen molar-refractivity contribution in [2.24, 2.45) is 0 Å². The average molecular weight is 335 g/mol. The Hall–Kier alpha value is -0.990. The van der Waals surface area contributed by atoms with E-state index in [-0.39, 0.29) is 12.0 Å². The maximum atomic E-state index is 11.9. The number of aliphatic hydroxyl groups is 1. The van der Waals surface area contributed by atoms with E-state index in [0.29, 0.717) is 18.4 Å². The molecule has 10 heteroatoms. The predicted molar refractivity (Wildman–Crippen MR) is 77.5 cm³/mol. The Labute approximate surface area is 125 Å². The molecule has 0 bridgehead atoms. The van der Waals surface area contributed by atoms with Gasteiger partial charge in [0.15, 0.2) is 0 Å². The second-order valence-corrected chi connectivity index (χ2v) is 6.80. The van der Waals surface area contributed by atoms with Crippen LogP contribution in [0.4, 0.5) is 0 Å². The summed E-state index contributed by atoms with van der Waals surface area (Å²) in [5.74, 6) is 0. The van der Waals surface area contributed by atoms with Gasteiger partial charge in [-0.15, -0.1) is 21.2 Å². The van der Waals surface area contributed by atoms with Crippen LogP contribution in [0.3, 0.4) is 0 Å². The second kappa shape index (κ2) is 6.85. The van der Waals surface area contributed by atoms with E-state index in [0.717, 1.165) is 0 Å². The summed E-state index contributed by atoms with van der Waals surface area (Å²) in [5.41, 5.74) is -0.445. The fourth-order valence-corrected chi connectivity index (χ4v) is 3.99. The summed E-state index contributed by atoms with van der Waals surface area (Å²) in [6.45, 7) is 1.73. The SMILES string of the molecule is CCc1cn([C@H]2CC(O)[C@H](CO[P+](=O)O)S2)c(=O)[nH]c1=O. The van der Waals surface area contributed by atoms with E-state index in [1.54, 1.807) is 0 Å². The van der Waals surface area contributed by atoms with E-state index in [4.69, 9.17) is 4.89 Å². The summed E-state index contributed by atoms with van der Waals surface area (Å²) in [4.78, 5) is 34.3. The smallest absolute Gasteiger partial charge is 0.392 e. The zero-order valence-electron chi connectivity index (χ0n) is 11.3. The molecular weight excluding hydrogens is 319 g/mol. The van der Waals surface area contributed by atoms with Gasteiger partial charge in [0.2, 0.25) is 0 Å². The normalized spacial score (nSPS) is 26.0. The first kappa shape index (κ1) is 16.4. The molecule has 0 saturated carbocycles. The number of aromatic nitrogens is 2. The zero-order valence-corrected chi connectivity index (χ0v) is 13.0. The summed E-state index contributed by atoms with van der Waals surface area (Å²) in [6.07, 6.45) is 1.54. The third-order valence-corrected chi connectivity index (χ3v) is 5.19. The number of hydrogen-bond donors (Lipinski definition) is 3. The molecule has 1 fully saturated rings. The Morgan fingerprint density at radius 3 is 2.90 bits per heavy atom. The number of thioether (sulfide) groups is 1. The number of rotatable bonds is 5. The quantitative estimate of drug-likeness (QED) is 0.654. The molecule has 1 aliphatic heterocycles. The zero-order chi connectivity index (χ0) is 15.6. The Morgan fingerprint density at radius 2 is 2.29 bits per heavy atom. The highest BCUT2D eigenvalue weighted by Gasteiger charge is 2.37. The largest absolute Gasteiger partial charge is 0.694 e. The maximum Gasteiger partial charge on any atom is 0.694 e. The van der Waals surface area contributed by atoms with E-state index >= 15 is 0 Å². The van der Waals surface area contributed by atoms with Crippen LogP contribution in [0.2, 0.25) is 0 Å². The lowest BCUT2D eigenvalue weighted by molar-refractivity contribution is 0.141. The molecule has 21 heavy (non-hydrogen) atoms. The number of nitrogens with zero attached hydrogens (tertiary/aromatic N) is 1. The molecule has 4 atom stereocenters. The molecule has 0 spiro atoms. The summed E-state index contributed by atoms with van der Waals surface area (Å²) in [6, 6.07) is 0. The van der Waals surface area contributed by atoms with Crippen LogP contribution in [0.5, 0.6) is 0 Å². The van der Waals surface area contributed by atoms with E-state index < -0.39 is 30.9 Å². The van der Waals surface area contributed by atoms with Gasteiger partial charge in [-0.2, -0.15) is 0 Å². The number of H-pyrrole nitrogens is 1. The van der Waals surface area contributed by atoms with Crippen LogP contribution in [0.1, 0.15) is 24.3 Å². The van der Waals surface area contributed by atoms with Crippen molar-refractivity contribution in [2.45, 2.75) is 36.5 Å². The topological polar surface area (TPSA) is 122 Å². The van der Waals surface area contributed by atoms with Gasteiger partial charge in [-0.3, -0.25) is 14.3 Å². The van der Waals surface area contributed by atoms with Crippen molar-refractivity contribution >= 4 is 20.0 Å². The Balaban J connectivity index is 2.19. The van der Waals surface area contributed by atoms with Crippen molar-refractivity contribution in [1.29, 1.82) is 0 Å².